The largest absolute Gasteiger partial charge is 0.355 e. The summed E-state index contributed by atoms with van der Waals surface area (Å²) in [6.45, 7) is 0. The van der Waals surface area contributed by atoms with Crippen LogP contribution in [0.1, 0.15) is 94.1 Å². The summed E-state index contributed by atoms with van der Waals surface area (Å²) in [6.07, 6.45) is 17.2. The normalized spacial score (nSPS) is 33.4. The zero-order valence-electron chi connectivity index (χ0n) is 18.4. The minimum atomic E-state index is 0.427. The minimum Gasteiger partial charge on any atom is -0.355 e. The zero-order chi connectivity index (χ0) is 20.0. The van der Waals surface area contributed by atoms with E-state index in [1.807, 2.05) is 0 Å². The van der Waals surface area contributed by atoms with Gasteiger partial charge < -0.3 is 5.32 Å². The lowest BCUT2D eigenvalue weighted by molar-refractivity contribution is 0.00994. The second-order valence-electron chi connectivity index (χ2n) is 11.1. The second-order valence-corrected chi connectivity index (χ2v) is 11.1. The molecule has 0 aliphatic heterocycles. The van der Waals surface area contributed by atoms with Gasteiger partial charge in [0.25, 0.3) is 0 Å². The van der Waals surface area contributed by atoms with E-state index in [4.69, 9.17) is 0 Å². The van der Waals surface area contributed by atoms with Crippen molar-refractivity contribution in [1.29, 1.82) is 0 Å². The number of hydrogen-bond acceptors (Lipinski definition) is 1. The Kier molecular flexibility index (Phi) is 4.89. The van der Waals surface area contributed by atoms with Gasteiger partial charge in [-0.1, -0.05) is 56.0 Å². The van der Waals surface area contributed by atoms with Crippen LogP contribution in [-0.4, -0.2) is 0 Å². The standard InChI is InChI=1S/C29H37N/c1-2-6-22(7-3-1)23-12-14-26(15-13-23)30-28-9-5-4-8-27(28)29-17-16-24-11-10-21(19-29)18-25(24)20-29/h4-5,8-9,12-15,21-22,24-25,30H,1-3,6-7,10-11,16-20H2. The first-order chi connectivity index (χ1) is 14.8. The van der Waals surface area contributed by atoms with E-state index >= 15 is 0 Å². The first-order valence-electron chi connectivity index (χ1n) is 12.8. The average molecular weight is 400 g/mol. The third-order valence-corrected chi connectivity index (χ3v) is 9.34. The van der Waals surface area contributed by atoms with E-state index in [1.165, 1.54) is 88.4 Å². The number of rotatable bonds is 4. The fourth-order valence-corrected chi connectivity index (χ4v) is 7.88. The van der Waals surface area contributed by atoms with Crippen molar-refractivity contribution < 1.29 is 0 Å². The van der Waals surface area contributed by atoms with Crippen LogP contribution in [-0.2, 0) is 5.41 Å². The molecule has 3 bridgehead atoms. The summed E-state index contributed by atoms with van der Waals surface area (Å²) in [6, 6.07) is 18.7. The van der Waals surface area contributed by atoms with Gasteiger partial charge in [-0.2, -0.15) is 0 Å². The summed E-state index contributed by atoms with van der Waals surface area (Å²) in [5, 5.41) is 3.84. The van der Waals surface area contributed by atoms with Gasteiger partial charge in [-0.25, -0.2) is 0 Å². The molecule has 6 rings (SSSR count). The summed E-state index contributed by atoms with van der Waals surface area (Å²) in [5.41, 5.74) is 6.20. The van der Waals surface area contributed by atoms with E-state index in [9.17, 15) is 0 Å². The Labute approximate surface area is 182 Å². The van der Waals surface area contributed by atoms with E-state index in [1.54, 1.807) is 11.1 Å². The predicted octanol–water partition coefficient (Wildman–Crippen LogP) is 8.34. The van der Waals surface area contributed by atoms with Gasteiger partial charge in [0.2, 0.25) is 0 Å². The van der Waals surface area contributed by atoms with Crippen molar-refractivity contribution >= 4 is 11.4 Å². The maximum Gasteiger partial charge on any atom is 0.0422 e. The van der Waals surface area contributed by atoms with E-state index < -0.39 is 0 Å². The van der Waals surface area contributed by atoms with Gasteiger partial charge >= 0.3 is 0 Å². The molecular weight excluding hydrogens is 362 g/mol. The van der Waals surface area contributed by atoms with Crippen molar-refractivity contribution in [2.45, 2.75) is 88.4 Å². The lowest BCUT2D eigenvalue weighted by Gasteiger charge is -2.55. The molecule has 0 amide bonds. The maximum atomic E-state index is 3.84. The molecule has 4 unspecified atom stereocenters. The zero-order valence-corrected chi connectivity index (χ0v) is 18.4. The highest BCUT2D eigenvalue weighted by Gasteiger charge is 2.50. The molecule has 1 heteroatoms. The van der Waals surface area contributed by atoms with Gasteiger partial charge in [0.15, 0.2) is 0 Å². The molecule has 0 saturated heterocycles. The second kappa shape index (κ2) is 7.74. The molecule has 1 nitrogen and oxygen atoms in total. The summed E-state index contributed by atoms with van der Waals surface area (Å²) in [4.78, 5) is 0. The Balaban J connectivity index is 1.26. The molecule has 4 saturated carbocycles. The Bertz CT molecular complexity index is 873. The van der Waals surface area contributed by atoms with Crippen LogP contribution in [0.15, 0.2) is 48.5 Å². The Morgan fingerprint density at radius 3 is 2.43 bits per heavy atom. The van der Waals surface area contributed by atoms with Crippen LogP contribution >= 0.6 is 0 Å². The summed E-state index contributed by atoms with van der Waals surface area (Å²) < 4.78 is 0. The first kappa shape index (κ1) is 19.0. The van der Waals surface area contributed by atoms with Crippen LogP contribution in [0.25, 0.3) is 0 Å². The van der Waals surface area contributed by atoms with Crippen molar-refractivity contribution in [3.8, 4) is 0 Å². The van der Waals surface area contributed by atoms with Gasteiger partial charge in [-0.05, 0) is 110 Å². The molecule has 2 aromatic carbocycles. The molecule has 4 aliphatic carbocycles. The fourth-order valence-electron chi connectivity index (χ4n) is 7.88. The molecule has 158 valence electrons. The van der Waals surface area contributed by atoms with Crippen LogP contribution in [0, 0.1) is 17.8 Å². The Hall–Kier alpha value is -1.76. The number of fused-ring (bicyclic) bond motifs is 2. The van der Waals surface area contributed by atoms with Crippen LogP contribution in [0.4, 0.5) is 11.4 Å². The molecular formula is C29H37N. The maximum absolute atomic E-state index is 3.84. The summed E-state index contributed by atoms with van der Waals surface area (Å²) in [5.74, 6) is 3.79. The van der Waals surface area contributed by atoms with Crippen LogP contribution in [0.2, 0.25) is 0 Å². The molecule has 4 aliphatic rings. The minimum absolute atomic E-state index is 0.427. The van der Waals surface area contributed by atoms with Crippen molar-refractivity contribution in [3.05, 3.63) is 59.7 Å². The first-order valence-corrected chi connectivity index (χ1v) is 12.8. The average Bonchev–Trinajstić information content (AvgIpc) is 2.79. The number of para-hydroxylation sites is 1. The van der Waals surface area contributed by atoms with Gasteiger partial charge in [-0.3, -0.25) is 0 Å². The number of anilines is 2. The summed E-state index contributed by atoms with van der Waals surface area (Å²) >= 11 is 0. The van der Waals surface area contributed by atoms with E-state index in [0.29, 0.717) is 5.41 Å². The van der Waals surface area contributed by atoms with Crippen molar-refractivity contribution in [2.24, 2.45) is 17.8 Å². The van der Waals surface area contributed by atoms with Crippen molar-refractivity contribution in [1.82, 2.24) is 0 Å². The van der Waals surface area contributed by atoms with Crippen LogP contribution in [0.5, 0.6) is 0 Å². The Morgan fingerprint density at radius 2 is 1.57 bits per heavy atom. The number of benzene rings is 2. The highest BCUT2D eigenvalue weighted by atomic mass is 14.9. The third kappa shape index (κ3) is 3.39. The highest BCUT2D eigenvalue weighted by Crippen LogP contribution is 2.60. The monoisotopic (exact) mass is 399 g/mol. The molecule has 4 atom stereocenters. The molecule has 30 heavy (non-hydrogen) atoms. The van der Waals surface area contributed by atoms with Crippen molar-refractivity contribution in [3.63, 3.8) is 0 Å². The van der Waals surface area contributed by atoms with E-state index in [0.717, 1.165) is 23.7 Å². The number of nitrogens with one attached hydrogen (secondary N) is 1. The molecule has 0 spiro atoms. The number of hydrogen-bond donors (Lipinski definition) is 1. The lowest BCUT2D eigenvalue weighted by Crippen LogP contribution is -2.46. The van der Waals surface area contributed by atoms with E-state index in [2.05, 4.69) is 53.8 Å². The molecule has 0 aromatic heterocycles. The smallest absolute Gasteiger partial charge is 0.0422 e. The highest BCUT2D eigenvalue weighted by molar-refractivity contribution is 5.65. The topological polar surface area (TPSA) is 12.0 Å². The van der Waals surface area contributed by atoms with Crippen LogP contribution in [0.3, 0.4) is 0 Å². The van der Waals surface area contributed by atoms with Gasteiger partial charge in [0.1, 0.15) is 0 Å². The van der Waals surface area contributed by atoms with Gasteiger partial charge in [-0.15, -0.1) is 0 Å². The molecule has 4 fully saturated rings. The van der Waals surface area contributed by atoms with Crippen molar-refractivity contribution in [2.75, 3.05) is 5.32 Å². The quantitative estimate of drug-likeness (QED) is 0.545. The van der Waals surface area contributed by atoms with Crippen LogP contribution < -0.4 is 5.32 Å². The molecule has 2 aromatic rings. The summed E-state index contributed by atoms with van der Waals surface area (Å²) in [7, 11) is 0. The molecule has 1 N–H and O–H groups in total. The Morgan fingerprint density at radius 1 is 0.733 bits per heavy atom. The van der Waals surface area contributed by atoms with Gasteiger partial charge in [0.05, 0.1) is 0 Å². The fraction of sp³-hybridized carbons (Fsp3) is 0.586. The molecule has 0 radical (unpaired) electrons. The third-order valence-electron chi connectivity index (χ3n) is 9.34. The van der Waals surface area contributed by atoms with E-state index in [-0.39, 0.29) is 0 Å². The SMILES string of the molecule is c1ccc(C23CCC4CCC(CC4C2)C3)c(Nc2ccc(C3CCCCC3)cc2)c1. The lowest BCUT2D eigenvalue weighted by atomic mass is 9.50. The predicted molar refractivity (Wildman–Crippen MR) is 126 cm³/mol. The molecule has 0 heterocycles. The van der Waals surface area contributed by atoms with Gasteiger partial charge in [0, 0.05) is 11.4 Å².